The van der Waals surface area contributed by atoms with Crippen LogP contribution in [-0.4, -0.2) is 36.0 Å². The molecule has 2 bridgehead atoms. The molecular formula is C22H25FN2O2. The summed E-state index contributed by atoms with van der Waals surface area (Å²) in [6, 6.07) is 15.2. The van der Waals surface area contributed by atoms with Gasteiger partial charge in [-0.1, -0.05) is 12.1 Å². The monoisotopic (exact) mass is 368 g/mol. The average Bonchev–Trinajstić information content (AvgIpc) is 2.91. The molecule has 2 heterocycles. The van der Waals surface area contributed by atoms with E-state index in [1.165, 1.54) is 42.7 Å². The Bertz CT molecular complexity index is 777. The standard InChI is InChI=1S/C22H25FN2O2/c1-27-21-10-2-15(3-11-21)14-25-19-8-9-20(25)13-18(12-19)24-22(26)16-4-6-17(23)7-5-16/h2-7,10-11,18-20H,8-9,12-14H2,1H3,(H,24,26). The normalized spacial score (nSPS) is 24.6. The van der Waals surface area contributed by atoms with Gasteiger partial charge < -0.3 is 10.1 Å². The molecular weight excluding hydrogens is 343 g/mol. The first kappa shape index (κ1) is 18.0. The van der Waals surface area contributed by atoms with Gasteiger partial charge in [-0.25, -0.2) is 4.39 Å². The highest BCUT2D eigenvalue weighted by atomic mass is 19.1. The van der Waals surface area contributed by atoms with Crippen molar-refractivity contribution in [2.24, 2.45) is 0 Å². The number of halogens is 1. The molecule has 0 radical (unpaired) electrons. The van der Waals surface area contributed by atoms with Crippen molar-refractivity contribution in [1.29, 1.82) is 0 Å². The fourth-order valence-electron chi connectivity index (χ4n) is 4.46. The summed E-state index contributed by atoms with van der Waals surface area (Å²) >= 11 is 0. The fourth-order valence-corrected chi connectivity index (χ4v) is 4.46. The van der Waals surface area contributed by atoms with Crippen molar-refractivity contribution in [3.05, 3.63) is 65.5 Å². The number of piperidine rings is 1. The van der Waals surface area contributed by atoms with Crippen molar-refractivity contribution in [3.63, 3.8) is 0 Å². The Morgan fingerprint density at radius 1 is 1.07 bits per heavy atom. The summed E-state index contributed by atoms with van der Waals surface area (Å²) < 4.78 is 18.3. The van der Waals surface area contributed by atoms with Crippen LogP contribution in [0.3, 0.4) is 0 Å². The molecule has 142 valence electrons. The summed E-state index contributed by atoms with van der Waals surface area (Å²) in [5.74, 6) is 0.448. The molecule has 2 unspecified atom stereocenters. The average molecular weight is 368 g/mol. The Morgan fingerprint density at radius 2 is 1.70 bits per heavy atom. The summed E-state index contributed by atoms with van der Waals surface area (Å²) in [7, 11) is 1.68. The van der Waals surface area contributed by atoms with E-state index in [0.717, 1.165) is 25.1 Å². The van der Waals surface area contributed by atoms with Gasteiger partial charge in [-0.05, 0) is 67.6 Å². The SMILES string of the molecule is COc1ccc(CN2C3CCC2CC(NC(=O)c2ccc(F)cc2)C3)cc1. The van der Waals surface area contributed by atoms with E-state index in [4.69, 9.17) is 4.74 Å². The van der Waals surface area contributed by atoms with E-state index in [1.807, 2.05) is 12.1 Å². The highest BCUT2D eigenvalue weighted by molar-refractivity contribution is 5.94. The Balaban J connectivity index is 1.36. The predicted molar refractivity (Wildman–Crippen MR) is 102 cm³/mol. The molecule has 2 aromatic rings. The zero-order valence-electron chi connectivity index (χ0n) is 15.5. The number of rotatable bonds is 5. The highest BCUT2D eigenvalue weighted by Crippen LogP contribution is 2.37. The number of hydrogen-bond donors (Lipinski definition) is 1. The number of fused-ring (bicyclic) bond motifs is 2. The maximum atomic E-state index is 13.0. The van der Waals surface area contributed by atoms with Crippen LogP contribution in [0, 0.1) is 5.82 Å². The van der Waals surface area contributed by atoms with Gasteiger partial charge in [0, 0.05) is 30.2 Å². The predicted octanol–water partition coefficient (Wildman–Crippen LogP) is 3.76. The lowest BCUT2D eigenvalue weighted by molar-refractivity contribution is 0.0828. The fraction of sp³-hybridized carbons (Fsp3) is 0.409. The van der Waals surface area contributed by atoms with Gasteiger partial charge in [0.25, 0.3) is 5.91 Å². The summed E-state index contributed by atoms with van der Waals surface area (Å²) in [6.45, 7) is 0.942. The number of nitrogens with zero attached hydrogens (tertiary/aromatic N) is 1. The molecule has 4 rings (SSSR count). The molecule has 1 amide bonds. The minimum absolute atomic E-state index is 0.108. The van der Waals surface area contributed by atoms with Crippen molar-refractivity contribution >= 4 is 5.91 Å². The summed E-state index contributed by atoms with van der Waals surface area (Å²) in [6.07, 6.45) is 4.31. The van der Waals surface area contributed by atoms with Gasteiger partial charge >= 0.3 is 0 Å². The summed E-state index contributed by atoms with van der Waals surface area (Å²) in [5.41, 5.74) is 1.81. The number of benzene rings is 2. The molecule has 2 aromatic carbocycles. The van der Waals surface area contributed by atoms with E-state index < -0.39 is 0 Å². The Labute approximate surface area is 159 Å². The van der Waals surface area contributed by atoms with Crippen LogP contribution in [0.4, 0.5) is 4.39 Å². The molecule has 2 aliphatic rings. The molecule has 0 aliphatic carbocycles. The van der Waals surface area contributed by atoms with Gasteiger partial charge in [0.1, 0.15) is 11.6 Å². The third-order valence-corrected chi connectivity index (χ3v) is 5.85. The topological polar surface area (TPSA) is 41.6 Å². The Kier molecular flexibility index (Phi) is 5.12. The second kappa shape index (κ2) is 7.69. The van der Waals surface area contributed by atoms with Crippen LogP contribution >= 0.6 is 0 Å². The van der Waals surface area contributed by atoms with Gasteiger partial charge in [0.05, 0.1) is 7.11 Å². The number of carbonyl (C=O) groups is 1. The summed E-state index contributed by atoms with van der Waals surface area (Å²) in [4.78, 5) is 15.0. The van der Waals surface area contributed by atoms with Gasteiger partial charge in [-0.2, -0.15) is 0 Å². The van der Waals surface area contributed by atoms with Crippen LogP contribution in [0.1, 0.15) is 41.6 Å². The molecule has 2 atom stereocenters. The molecule has 0 saturated carbocycles. The second-order valence-corrected chi connectivity index (χ2v) is 7.55. The van der Waals surface area contributed by atoms with Crippen LogP contribution in [-0.2, 0) is 6.54 Å². The molecule has 5 heteroatoms. The van der Waals surface area contributed by atoms with Crippen molar-refractivity contribution in [1.82, 2.24) is 10.2 Å². The van der Waals surface area contributed by atoms with Crippen LogP contribution in [0.2, 0.25) is 0 Å². The third kappa shape index (κ3) is 3.98. The first-order chi connectivity index (χ1) is 13.1. The molecule has 1 N–H and O–H groups in total. The molecule has 4 nitrogen and oxygen atoms in total. The van der Waals surface area contributed by atoms with Gasteiger partial charge in [0.15, 0.2) is 0 Å². The van der Waals surface area contributed by atoms with Crippen molar-refractivity contribution in [3.8, 4) is 5.75 Å². The van der Waals surface area contributed by atoms with Crippen LogP contribution < -0.4 is 10.1 Å². The van der Waals surface area contributed by atoms with Gasteiger partial charge in [0.2, 0.25) is 0 Å². The van der Waals surface area contributed by atoms with Crippen molar-refractivity contribution in [2.75, 3.05) is 7.11 Å². The van der Waals surface area contributed by atoms with Crippen molar-refractivity contribution in [2.45, 2.75) is 50.4 Å². The van der Waals surface area contributed by atoms with Crippen LogP contribution in [0.25, 0.3) is 0 Å². The van der Waals surface area contributed by atoms with E-state index in [1.54, 1.807) is 7.11 Å². The van der Waals surface area contributed by atoms with Crippen LogP contribution in [0.5, 0.6) is 5.75 Å². The third-order valence-electron chi connectivity index (χ3n) is 5.85. The number of carbonyl (C=O) groups excluding carboxylic acids is 1. The molecule has 2 saturated heterocycles. The minimum atomic E-state index is -0.323. The first-order valence-electron chi connectivity index (χ1n) is 9.57. The highest BCUT2D eigenvalue weighted by Gasteiger charge is 2.40. The van der Waals surface area contributed by atoms with E-state index in [9.17, 15) is 9.18 Å². The minimum Gasteiger partial charge on any atom is -0.497 e. The lowest BCUT2D eigenvalue weighted by atomic mass is 9.96. The Morgan fingerprint density at radius 3 is 2.30 bits per heavy atom. The Hall–Kier alpha value is -2.40. The van der Waals surface area contributed by atoms with E-state index in [2.05, 4.69) is 22.3 Å². The largest absolute Gasteiger partial charge is 0.497 e. The number of hydrogen-bond acceptors (Lipinski definition) is 3. The summed E-state index contributed by atoms with van der Waals surface area (Å²) in [5, 5.41) is 3.15. The van der Waals surface area contributed by atoms with E-state index in [0.29, 0.717) is 17.6 Å². The molecule has 27 heavy (non-hydrogen) atoms. The second-order valence-electron chi connectivity index (χ2n) is 7.55. The maximum absolute atomic E-state index is 13.0. The lowest BCUT2D eigenvalue weighted by Crippen LogP contribution is -2.49. The number of amides is 1. The molecule has 2 aliphatic heterocycles. The van der Waals surface area contributed by atoms with Crippen LogP contribution in [0.15, 0.2) is 48.5 Å². The lowest BCUT2D eigenvalue weighted by Gasteiger charge is -2.39. The zero-order chi connectivity index (χ0) is 18.8. The first-order valence-corrected chi connectivity index (χ1v) is 9.57. The zero-order valence-corrected chi connectivity index (χ0v) is 15.5. The smallest absolute Gasteiger partial charge is 0.251 e. The van der Waals surface area contributed by atoms with Gasteiger partial charge in [-0.3, -0.25) is 9.69 Å². The molecule has 0 spiro atoms. The van der Waals surface area contributed by atoms with E-state index in [-0.39, 0.29) is 17.8 Å². The maximum Gasteiger partial charge on any atom is 0.251 e. The number of methoxy groups -OCH3 is 1. The van der Waals surface area contributed by atoms with Crippen molar-refractivity contribution < 1.29 is 13.9 Å². The van der Waals surface area contributed by atoms with Gasteiger partial charge in [-0.15, -0.1) is 0 Å². The molecule has 2 fully saturated rings. The number of nitrogens with one attached hydrogen (secondary N) is 1. The number of ether oxygens (including phenoxy) is 1. The quantitative estimate of drug-likeness (QED) is 0.874. The molecule has 0 aromatic heterocycles. The van der Waals surface area contributed by atoms with E-state index >= 15 is 0 Å².